The van der Waals surface area contributed by atoms with Crippen LogP contribution >= 0.6 is 11.6 Å². The summed E-state index contributed by atoms with van der Waals surface area (Å²) in [5.41, 5.74) is 6.83. The minimum Gasteiger partial charge on any atom is -0.378 e. The van der Waals surface area contributed by atoms with E-state index in [4.69, 9.17) is 17.3 Å². The van der Waals surface area contributed by atoms with Gasteiger partial charge in [-0.2, -0.15) is 0 Å². The minimum atomic E-state index is -0.611. The second-order valence-electron chi connectivity index (χ2n) is 14.7. The fourth-order valence-electron chi connectivity index (χ4n) is 8.74. The van der Waals surface area contributed by atoms with Gasteiger partial charge in [-0.1, -0.05) is 78.0 Å². The Bertz CT molecular complexity index is 804. The molecule has 0 amide bonds. The maximum absolute atomic E-state index is 11.7. The molecule has 0 aromatic rings. The van der Waals surface area contributed by atoms with E-state index in [-0.39, 0.29) is 28.7 Å². The van der Waals surface area contributed by atoms with Gasteiger partial charge < -0.3 is 15.9 Å². The Kier molecular flexibility index (Phi) is 10.4. The fourth-order valence-corrected chi connectivity index (χ4v) is 8.94. The van der Waals surface area contributed by atoms with Gasteiger partial charge in [-0.3, -0.25) is 10.2 Å². The van der Waals surface area contributed by atoms with Crippen molar-refractivity contribution in [2.24, 2.45) is 46.2 Å². The molecule has 0 aromatic carbocycles. The van der Waals surface area contributed by atoms with Crippen LogP contribution in [0.1, 0.15) is 112 Å². The van der Waals surface area contributed by atoms with Gasteiger partial charge in [0.1, 0.15) is 12.5 Å². The maximum Gasteiger partial charge on any atom is 0.123 e. The Morgan fingerprint density at radius 2 is 1.79 bits per heavy atom. The van der Waals surface area contributed by atoms with E-state index < -0.39 is 12.5 Å². The normalized spacial score (nSPS) is 39.4. The molecule has 0 aromatic heterocycles. The van der Waals surface area contributed by atoms with Crippen LogP contribution in [-0.4, -0.2) is 52.7 Å². The standard InChI is InChI=1S/C32H58ClN3O2/c1-21(2)28(35-29(37)23-10-8-9-22(19-23)26-11-6-7-12-27(26)34)30(38)36-18-17-32(5,31(3,4)20-36)24-13-15-25(33)16-14-24/h15,21-24,26-30,35,37-38H,6-14,16-20,34H2,1-5H3/t22-,23?,24-,26?,27-,28+,29?,30?,32+/m0/s1. The number of rotatable bonds is 8. The number of nitrogens with zero attached hydrogens (tertiary/aromatic N) is 1. The molecule has 6 heteroatoms. The lowest BCUT2D eigenvalue weighted by Crippen LogP contribution is -2.62. The van der Waals surface area contributed by atoms with Crippen molar-refractivity contribution in [2.45, 2.75) is 136 Å². The average Bonchev–Trinajstić information content (AvgIpc) is 2.89. The predicted molar refractivity (Wildman–Crippen MR) is 159 cm³/mol. The zero-order valence-corrected chi connectivity index (χ0v) is 25.7. The van der Waals surface area contributed by atoms with E-state index in [9.17, 15) is 10.2 Å². The molecule has 1 saturated heterocycles. The fraction of sp³-hybridized carbons (Fsp3) is 0.938. The molecule has 1 aliphatic heterocycles. The average molecular weight is 552 g/mol. The number of nitrogens with two attached hydrogens (primary N) is 1. The van der Waals surface area contributed by atoms with E-state index in [1.54, 1.807) is 0 Å². The van der Waals surface area contributed by atoms with E-state index >= 15 is 0 Å². The highest BCUT2D eigenvalue weighted by Gasteiger charge is 2.51. The van der Waals surface area contributed by atoms with Gasteiger partial charge in [-0.15, -0.1) is 0 Å². The maximum atomic E-state index is 11.7. The van der Waals surface area contributed by atoms with Crippen molar-refractivity contribution in [1.29, 1.82) is 0 Å². The van der Waals surface area contributed by atoms with Crippen molar-refractivity contribution in [3.8, 4) is 0 Å². The summed E-state index contributed by atoms with van der Waals surface area (Å²) in [5.74, 6) is 2.34. The van der Waals surface area contributed by atoms with Crippen LogP contribution < -0.4 is 11.1 Å². The van der Waals surface area contributed by atoms with Gasteiger partial charge >= 0.3 is 0 Å². The molecule has 3 aliphatic carbocycles. The molecule has 220 valence electrons. The molecule has 38 heavy (non-hydrogen) atoms. The van der Waals surface area contributed by atoms with Crippen molar-refractivity contribution < 1.29 is 10.2 Å². The summed E-state index contributed by atoms with van der Waals surface area (Å²) in [7, 11) is 0. The number of nitrogens with one attached hydrogen (secondary N) is 1. The third-order valence-corrected chi connectivity index (χ3v) is 12.1. The molecule has 4 rings (SSSR count). The van der Waals surface area contributed by atoms with Crippen molar-refractivity contribution in [2.75, 3.05) is 13.1 Å². The topological polar surface area (TPSA) is 81.8 Å². The molecule has 5 nitrogen and oxygen atoms in total. The Hall–Kier alpha value is -0.170. The number of aliphatic hydroxyl groups excluding tert-OH is 2. The van der Waals surface area contributed by atoms with Crippen LogP contribution in [0.25, 0.3) is 0 Å². The molecule has 0 spiro atoms. The molecule has 9 atom stereocenters. The summed E-state index contributed by atoms with van der Waals surface area (Å²) < 4.78 is 0. The van der Waals surface area contributed by atoms with Crippen LogP contribution in [-0.2, 0) is 0 Å². The van der Waals surface area contributed by atoms with E-state index in [1.807, 2.05) is 0 Å². The molecular formula is C32H58ClN3O2. The highest BCUT2D eigenvalue weighted by molar-refractivity contribution is 6.29. The summed E-state index contributed by atoms with van der Waals surface area (Å²) in [6, 6.07) is 0.163. The highest BCUT2D eigenvalue weighted by Crippen LogP contribution is 2.55. The van der Waals surface area contributed by atoms with E-state index in [2.05, 4.69) is 50.9 Å². The van der Waals surface area contributed by atoms with Crippen LogP contribution in [0, 0.1) is 40.4 Å². The van der Waals surface area contributed by atoms with Gasteiger partial charge in [0.15, 0.2) is 0 Å². The lowest BCUT2D eigenvalue weighted by atomic mass is 9.54. The Morgan fingerprint density at radius 1 is 1.05 bits per heavy atom. The summed E-state index contributed by atoms with van der Waals surface area (Å²) in [4.78, 5) is 2.28. The van der Waals surface area contributed by atoms with Crippen molar-refractivity contribution >= 4 is 11.6 Å². The quantitative estimate of drug-likeness (QED) is 0.269. The van der Waals surface area contributed by atoms with E-state index in [1.165, 1.54) is 32.1 Å². The SMILES string of the molecule is CC(C)[C@@H](NC(O)C1CCC[C@H](C2CCCC[C@@H]2N)C1)C(O)N1CC[C@](C)([C@H]2CC=C(Cl)CC2)C(C)(C)C1. The molecule has 4 aliphatic rings. The zero-order valence-electron chi connectivity index (χ0n) is 25.0. The summed E-state index contributed by atoms with van der Waals surface area (Å²) >= 11 is 6.30. The van der Waals surface area contributed by atoms with Gasteiger partial charge in [0.2, 0.25) is 0 Å². The number of piperidine rings is 1. The third-order valence-electron chi connectivity index (χ3n) is 11.8. The number of likely N-dealkylation sites (tertiary alicyclic amines) is 1. The molecular weight excluding hydrogens is 494 g/mol. The van der Waals surface area contributed by atoms with E-state index in [0.717, 1.165) is 63.1 Å². The first-order valence-corrected chi connectivity index (χ1v) is 16.3. The van der Waals surface area contributed by atoms with Gasteiger partial charge in [-0.05, 0) is 91.8 Å². The van der Waals surface area contributed by atoms with Gasteiger partial charge in [0.25, 0.3) is 0 Å². The molecule has 0 bridgehead atoms. The largest absolute Gasteiger partial charge is 0.378 e. The monoisotopic (exact) mass is 551 g/mol. The van der Waals surface area contributed by atoms with Gasteiger partial charge in [0, 0.05) is 24.2 Å². The zero-order chi connectivity index (χ0) is 27.7. The predicted octanol–water partition coefficient (Wildman–Crippen LogP) is 6.22. The summed E-state index contributed by atoms with van der Waals surface area (Å²) in [6.07, 6.45) is 14.9. The Morgan fingerprint density at radius 3 is 2.42 bits per heavy atom. The molecule has 3 fully saturated rings. The Labute approximate surface area is 238 Å². The van der Waals surface area contributed by atoms with Crippen LogP contribution in [0.3, 0.4) is 0 Å². The summed E-state index contributed by atoms with van der Waals surface area (Å²) in [5, 5.41) is 27.7. The first-order valence-electron chi connectivity index (χ1n) is 15.9. The number of hydrogen-bond donors (Lipinski definition) is 4. The van der Waals surface area contributed by atoms with Gasteiger partial charge in [-0.25, -0.2) is 0 Å². The second-order valence-corrected chi connectivity index (χ2v) is 15.2. The third kappa shape index (κ3) is 6.65. The minimum absolute atomic E-state index is 0.0735. The van der Waals surface area contributed by atoms with Crippen LogP contribution in [0.2, 0.25) is 0 Å². The number of halogens is 1. The summed E-state index contributed by atoms with van der Waals surface area (Å²) in [6.45, 7) is 13.3. The van der Waals surface area contributed by atoms with Crippen LogP contribution in [0.15, 0.2) is 11.1 Å². The second kappa shape index (κ2) is 12.8. The number of aliphatic hydroxyl groups is 2. The molecule has 5 N–H and O–H groups in total. The molecule has 0 radical (unpaired) electrons. The lowest BCUT2D eigenvalue weighted by Gasteiger charge is -2.57. The molecule has 4 unspecified atom stereocenters. The number of allylic oxidation sites excluding steroid dienone is 2. The first kappa shape index (κ1) is 30.8. The first-order chi connectivity index (χ1) is 17.9. The highest BCUT2D eigenvalue weighted by atomic mass is 35.5. The Balaban J connectivity index is 1.37. The van der Waals surface area contributed by atoms with Crippen molar-refractivity contribution in [3.05, 3.63) is 11.1 Å². The van der Waals surface area contributed by atoms with Gasteiger partial charge in [0.05, 0.1) is 6.04 Å². The molecule has 2 saturated carbocycles. The van der Waals surface area contributed by atoms with E-state index in [0.29, 0.717) is 23.8 Å². The van der Waals surface area contributed by atoms with Crippen molar-refractivity contribution in [1.82, 2.24) is 10.2 Å². The van der Waals surface area contributed by atoms with Crippen molar-refractivity contribution in [3.63, 3.8) is 0 Å². The molecule has 1 heterocycles. The van der Waals surface area contributed by atoms with Crippen LogP contribution in [0.5, 0.6) is 0 Å². The smallest absolute Gasteiger partial charge is 0.123 e. The van der Waals surface area contributed by atoms with Crippen LogP contribution in [0.4, 0.5) is 0 Å². The number of hydrogen-bond acceptors (Lipinski definition) is 5. The lowest BCUT2D eigenvalue weighted by molar-refractivity contribution is -0.133.